The molecule has 1 rings (SSSR count). The van der Waals surface area contributed by atoms with Crippen molar-refractivity contribution in [2.75, 3.05) is 0 Å². The topological polar surface area (TPSA) is 85.8 Å². The summed E-state index contributed by atoms with van der Waals surface area (Å²) in [7, 11) is 0. The predicted molar refractivity (Wildman–Crippen MR) is 23.1 cm³/mol. The van der Waals surface area contributed by atoms with Crippen molar-refractivity contribution in [3.63, 3.8) is 0 Å². The van der Waals surface area contributed by atoms with Crippen LogP contribution in [0.5, 0.6) is 0 Å². The standard InChI is InChI=1S/AsH3O5.Pb.2H/c2-1(3,4)5-6-1;;;/h2-4H;;;. The van der Waals surface area contributed by atoms with E-state index in [1.807, 2.05) is 0 Å². The van der Waals surface area contributed by atoms with Crippen LogP contribution in [0.25, 0.3) is 0 Å². The summed E-state index contributed by atoms with van der Waals surface area (Å²) in [4.78, 5) is 0. The average Bonchev–Trinajstić information content (AvgIpc) is 1.73. The van der Waals surface area contributed by atoms with E-state index in [1.165, 1.54) is 0 Å². The van der Waals surface area contributed by atoms with Crippen LogP contribution in [0, 0.1) is 0 Å². The molecule has 0 aromatic carbocycles. The molecular weight excluding hydrogens is 362 g/mol. The van der Waals surface area contributed by atoms with Crippen molar-refractivity contribution in [2.24, 2.45) is 0 Å². The summed E-state index contributed by atoms with van der Waals surface area (Å²) in [6, 6.07) is 0. The quantitative estimate of drug-likeness (QED) is 0.240. The van der Waals surface area contributed by atoms with E-state index in [0.717, 1.165) is 0 Å². The van der Waals surface area contributed by atoms with E-state index in [9.17, 15) is 0 Å². The van der Waals surface area contributed by atoms with E-state index < -0.39 is 14.2 Å². The van der Waals surface area contributed by atoms with Gasteiger partial charge in [0.2, 0.25) is 0 Å². The first-order valence-electron chi connectivity index (χ1n) is 1.13. The fourth-order valence-corrected chi connectivity index (χ4v) is 1.21. The van der Waals surface area contributed by atoms with Crippen molar-refractivity contribution in [1.29, 1.82) is 0 Å². The summed E-state index contributed by atoms with van der Waals surface area (Å²) >= 11 is -5.24. The van der Waals surface area contributed by atoms with Gasteiger partial charge in [-0.25, -0.2) is 0 Å². The van der Waals surface area contributed by atoms with Crippen molar-refractivity contribution in [3.05, 3.63) is 0 Å². The van der Waals surface area contributed by atoms with Crippen molar-refractivity contribution >= 4 is 41.5 Å². The van der Waals surface area contributed by atoms with Crippen LogP contribution in [-0.2, 0) is 7.75 Å². The van der Waals surface area contributed by atoms with Gasteiger partial charge in [-0.15, -0.1) is 0 Å². The van der Waals surface area contributed by atoms with Crippen LogP contribution in [0.3, 0.4) is 0 Å². The van der Waals surface area contributed by atoms with Gasteiger partial charge in [0.05, 0.1) is 0 Å². The van der Waals surface area contributed by atoms with Crippen molar-refractivity contribution in [3.8, 4) is 0 Å². The molecular formula is H5AsO5Pb. The first-order chi connectivity index (χ1) is 2.47. The molecule has 0 spiro atoms. The Morgan fingerprint density at radius 1 is 1.00 bits per heavy atom. The molecule has 2 radical (unpaired) electrons. The summed E-state index contributed by atoms with van der Waals surface area (Å²) in [5.74, 6) is 0. The van der Waals surface area contributed by atoms with E-state index in [-0.39, 0.29) is 27.3 Å². The van der Waals surface area contributed by atoms with Gasteiger partial charge in [-0.2, -0.15) is 0 Å². The monoisotopic (exact) mass is 368 g/mol. The van der Waals surface area contributed by atoms with Gasteiger partial charge in [0.25, 0.3) is 0 Å². The summed E-state index contributed by atoms with van der Waals surface area (Å²) in [5.41, 5.74) is 0. The van der Waals surface area contributed by atoms with Gasteiger partial charge in [-0.1, -0.05) is 0 Å². The molecule has 44 valence electrons. The molecule has 1 aliphatic rings. The molecule has 1 saturated heterocycles. The Kier molecular flexibility index (Phi) is 1.93. The maximum absolute atomic E-state index is 7.94. The first-order valence-corrected chi connectivity index (χ1v) is 5.18. The maximum atomic E-state index is 7.94. The third kappa shape index (κ3) is 2.96. The Morgan fingerprint density at radius 3 is 1.14 bits per heavy atom. The van der Waals surface area contributed by atoms with Gasteiger partial charge in [0.1, 0.15) is 0 Å². The number of hydrogen-bond acceptors (Lipinski definition) is 5. The fraction of sp³-hybridized carbons (Fsp3) is 0. The molecule has 7 heteroatoms. The zero-order valence-corrected chi connectivity index (χ0v) is 10.7. The van der Waals surface area contributed by atoms with Gasteiger partial charge in [0, 0.05) is 0 Å². The Bertz CT molecular complexity index is 71.8. The van der Waals surface area contributed by atoms with E-state index in [0.29, 0.717) is 0 Å². The first kappa shape index (κ1) is 8.28. The summed E-state index contributed by atoms with van der Waals surface area (Å²) < 4.78 is 30.7. The molecule has 0 amide bonds. The van der Waals surface area contributed by atoms with E-state index in [1.54, 1.807) is 0 Å². The number of rotatable bonds is 0. The zero-order chi connectivity index (χ0) is 4.86. The van der Waals surface area contributed by atoms with Gasteiger partial charge < -0.3 is 0 Å². The van der Waals surface area contributed by atoms with Gasteiger partial charge in [0.15, 0.2) is 0 Å². The van der Waals surface area contributed by atoms with Crippen molar-refractivity contribution in [1.82, 2.24) is 0 Å². The molecule has 1 aliphatic heterocycles. The molecule has 0 unspecified atom stereocenters. The second-order valence-corrected chi connectivity index (χ2v) is 5.10. The molecule has 0 atom stereocenters. The normalized spacial score (nSPS) is 36.7. The molecule has 0 aromatic heterocycles. The predicted octanol–water partition coefficient (Wildman–Crippen LogP) is -3.10. The van der Waals surface area contributed by atoms with Crippen LogP contribution in [0.2, 0.25) is 0 Å². The molecule has 0 saturated carbocycles. The van der Waals surface area contributed by atoms with Crippen LogP contribution < -0.4 is 0 Å². The van der Waals surface area contributed by atoms with Crippen LogP contribution in [-0.4, -0.2) is 53.7 Å². The van der Waals surface area contributed by atoms with E-state index in [4.69, 9.17) is 12.3 Å². The van der Waals surface area contributed by atoms with Gasteiger partial charge in [-0.05, 0) is 0 Å². The minimum absolute atomic E-state index is 0. The summed E-state index contributed by atoms with van der Waals surface area (Å²) in [6.45, 7) is 0. The second kappa shape index (κ2) is 1.63. The molecule has 0 aromatic rings. The van der Waals surface area contributed by atoms with E-state index in [2.05, 4.69) is 7.75 Å². The minimum atomic E-state index is -5.24. The van der Waals surface area contributed by atoms with Crippen LogP contribution in [0.4, 0.5) is 0 Å². The Morgan fingerprint density at radius 2 is 1.14 bits per heavy atom. The zero-order valence-electron chi connectivity index (χ0n) is 3.31. The average molecular weight is 367 g/mol. The Hall–Kier alpha value is 1.28. The fourth-order valence-electron chi connectivity index (χ4n) is 0.0447. The van der Waals surface area contributed by atoms with Crippen LogP contribution in [0.1, 0.15) is 0 Å². The van der Waals surface area contributed by atoms with Gasteiger partial charge in [-0.3, -0.25) is 0 Å². The summed E-state index contributed by atoms with van der Waals surface area (Å²) in [6.07, 6.45) is 0. The molecule has 0 bridgehead atoms. The van der Waals surface area contributed by atoms with Crippen molar-refractivity contribution < 1.29 is 20.0 Å². The van der Waals surface area contributed by atoms with Crippen LogP contribution in [0.15, 0.2) is 0 Å². The molecule has 5 nitrogen and oxygen atoms in total. The second-order valence-electron chi connectivity index (χ2n) is 0.982. The molecule has 0 aliphatic carbocycles. The van der Waals surface area contributed by atoms with Crippen LogP contribution >= 0.6 is 0 Å². The summed E-state index contributed by atoms with van der Waals surface area (Å²) in [5, 5.41) is 0. The SMILES string of the molecule is O[As]1(O)(O)OO1.[PbH2]. The van der Waals surface area contributed by atoms with E-state index >= 15 is 0 Å². The Balaban J connectivity index is 0.000000360. The number of hydrogen-bond donors (Lipinski definition) is 3. The molecule has 1 fully saturated rings. The third-order valence-electron chi connectivity index (χ3n) is 0.275. The Labute approximate surface area is 61.4 Å². The molecule has 7 heavy (non-hydrogen) atoms. The third-order valence-corrected chi connectivity index (χ3v) is 1.43. The molecule has 3 N–H and O–H groups in total. The van der Waals surface area contributed by atoms with Crippen molar-refractivity contribution in [2.45, 2.75) is 0 Å². The molecule has 1 heterocycles. The van der Waals surface area contributed by atoms with Gasteiger partial charge >= 0.3 is 61.5 Å².